The summed E-state index contributed by atoms with van der Waals surface area (Å²) in [5, 5.41) is 54.9. The van der Waals surface area contributed by atoms with Crippen molar-refractivity contribution in [2.24, 2.45) is 0 Å². The average molecular weight is 1300 g/mol. The largest absolute Gasteiger partial charge is 0.394 e. The van der Waals surface area contributed by atoms with E-state index < -0.39 is 49.5 Å². The molecule has 544 valence electrons. The molecule has 0 aromatic carbocycles. The number of nitrogens with one attached hydrogen (secondary N) is 1. The van der Waals surface area contributed by atoms with Gasteiger partial charge in [0.15, 0.2) is 6.29 Å². The minimum atomic E-state index is -1.57. The molecule has 0 spiro atoms. The number of unbranched alkanes of at least 4 members (excludes halogenated alkanes) is 60. The molecule has 0 aliphatic carbocycles. The van der Waals surface area contributed by atoms with Gasteiger partial charge < -0.3 is 40.3 Å². The Kier molecular flexibility index (Phi) is 69.4. The van der Waals surface area contributed by atoms with E-state index in [0.29, 0.717) is 6.42 Å². The summed E-state index contributed by atoms with van der Waals surface area (Å²) in [6, 6.07) is -0.822. The number of carbonyl (C=O) groups is 1. The molecule has 7 atom stereocenters. The first-order valence-corrected chi connectivity index (χ1v) is 41.2. The van der Waals surface area contributed by atoms with Crippen molar-refractivity contribution in [2.45, 2.75) is 474 Å². The minimum Gasteiger partial charge on any atom is -0.394 e. The van der Waals surface area contributed by atoms with Gasteiger partial charge in [-0.1, -0.05) is 403 Å². The van der Waals surface area contributed by atoms with Crippen molar-refractivity contribution < 1.29 is 39.8 Å². The summed E-state index contributed by atoms with van der Waals surface area (Å²) in [4.78, 5) is 13.2. The molecular formula is C83H159NO8. The summed E-state index contributed by atoms with van der Waals surface area (Å²) >= 11 is 0. The van der Waals surface area contributed by atoms with Gasteiger partial charge in [0.25, 0.3) is 0 Å². The second kappa shape index (κ2) is 72.2. The van der Waals surface area contributed by atoms with Crippen LogP contribution in [0.2, 0.25) is 0 Å². The molecule has 9 heteroatoms. The highest BCUT2D eigenvalue weighted by Gasteiger charge is 2.44. The molecule has 6 N–H and O–H groups in total. The van der Waals surface area contributed by atoms with E-state index >= 15 is 0 Å². The van der Waals surface area contributed by atoms with E-state index in [1.807, 2.05) is 6.08 Å². The van der Waals surface area contributed by atoms with E-state index in [-0.39, 0.29) is 12.5 Å². The predicted octanol–water partition coefficient (Wildman–Crippen LogP) is 23.7. The lowest BCUT2D eigenvalue weighted by Gasteiger charge is -2.40. The second-order valence-electron chi connectivity index (χ2n) is 28.9. The number of amides is 1. The van der Waals surface area contributed by atoms with Gasteiger partial charge in [-0.15, -0.1) is 0 Å². The summed E-state index contributed by atoms with van der Waals surface area (Å²) in [5.74, 6) is -0.177. The first-order chi connectivity index (χ1) is 45.3. The van der Waals surface area contributed by atoms with Crippen LogP contribution in [0.4, 0.5) is 0 Å². The zero-order valence-corrected chi connectivity index (χ0v) is 61.3. The smallest absolute Gasteiger partial charge is 0.220 e. The molecule has 92 heavy (non-hydrogen) atoms. The van der Waals surface area contributed by atoms with E-state index in [1.165, 1.54) is 372 Å². The molecule has 0 aromatic rings. The predicted molar refractivity (Wildman–Crippen MR) is 397 cm³/mol. The van der Waals surface area contributed by atoms with Crippen LogP contribution in [0, 0.1) is 0 Å². The van der Waals surface area contributed by atoms with Gasteiger partial charge in [0.05, 0.1) is 25.4 Å². The molecule has 0 saturated carbocycles. The van der Waals surface area contributed by atoms with Gasteiger partial charge in [-0.25, -0.2) is 0 Å². The van der Waals surface area contributed by atoms with Gasteiger partial charge >= 0.3 is 0 Å². The topological polar surface area (TPSA) is 149 Å². The van der Waals surface area contributed by atoms with Crippen molar-refractivity contribution >= 4 is 5.91 Å². The normalized spacial score (nSPS) is 17.8. The summed E-state index contributed by atoms with van der Waals surface area (Å²) in [7, 11) is 0. The molecule has 1 amide bonds. The van der Waals surface area contributed by atoms with E-state index in [9.17, 15) is 30.3 Å². The molecule has 1 aliphatic heterocycles. The van der Waals surface area contributed by atoms with Crippen molar-refractivity contribution in [1.29, 1.82) is 0 Å². The Morgan fingerprint density at radius 1 is 0.359 bits per heavy atom. The number of hydrogen-bond donors (Lipinski definition) is 6. The van der Waals surface area contributed by atoms with Crippen LogP contribution in [0.25, 0.3) is 0 Å². The lowest BCUT2D eigenvalue weighted by Crippen LogP contribution is -2.60. The van der Waals surface area contributed by atoms with Crippen LogP contribution in [0.3, 0.4) is 0 Å². The fourth-order valence-corrected chi connectivity index (χ4v) is 13.5. The Morgan fingerprint density at radius 2 is 0.620 bits per heavy atom. The van der Waals surface area contributed by atoms with Crippen LogP contribution in [0.5, 0.6) is 0 Å². The quantitative estimate of drug-likeness (QED) is 0.0261. The first kappa shape index (κ1) is 88.4. The highest BCUT2D eigenvalue weighted by atomic mass is 16.7. The molecule has 0 radical (unpaired) electrons. The number of rotatable bonds is 74. The Labute approximate surface area is 571 Å². The summed E-state index contributed by atoms with van der Waals surface area (Å²) < 4.78 is 11.3. The van der Waals surface area contributed by atoms with Crippen molar-refractivity contribution in [3.05, 3.63) is 36.5 Å². The maximum atomic E-state index is 13.2. The molecule has 1 fully saturated rings. The zero-order chi connectivity index (χ0) is 66.4. The van der Waals surface area contributed by atoms with Crippen LogP contribution in [-0.4, -0.2) is 87.5 Å². The maximum Gasteiger partial charge on any atom is 0.220 e. The fraction of sp³-hybridized carbons (Fsp3) is 0.916. The van der Waals surface area contributed by atoms with Crippen LogP contribution in [0.1, 0.15) is 431 Å². The van der Waals surface area contributed by atoms with Gasteiger partial charge in [-0.3, -0.25) is 4.79 Å². The Hall–Kier alpha value is -1.59. The van der Waals surface area contributed by atoms with E-state index in [1.54, 1.807) is 6.08 Å². The molecule has 0 bridgehead atoms. The molecule has 1 rings (SSSR count). The van der Waals surface area contributed by atoms with E-state index in [4.69, 9.17) is 9.47 Å². The first-order valence-electron chi connectivity index (χ1n) is 41.2. The number of allylic oxidation sites excluding steroid dienone is 5. The van der Waals surface area contributed by atoms with E-state index in [0.717, 1.165) is 38.5 Å². The Bertz CT molecular complexity index is 1550. The van der Waals surface area contributed by atoms with Gasteiger partial charge in [-0.05, 0) is 57.8 Å². The fourth-order valence-electron chi connectivity index (χ4n) is 13.5. The van der Waals surface area contributed by atoms with Crippen molar-refractivity contribution in [2.75, 3.05) is 13.2 Å². The van der Waals surface area contributed by atoms with Gasteiger partial charge in [0, 0.05) is 6.42 Å². The van der Waals surface area contributed by atoms with Crippen LogP contribution >= 0.6 is 0 Å². The average Bonchev–Trinajstić information content (AvgIpc) is 1.45. The zero-order valence-electron chi connectivity index (χ0n) is 61.3. The third-order valence-electron chi connectivity index (χ3n) is 19.9. The van der Waals surface area contributed by atoms with Crippen molar-refractivity contribution in [3.8, 4) is 0 Å². The number of aliphatic hydroxyl groups excluding tert-OH is 5. The molecule has 9 nitrogen and oxygen atoms in total. The monoisotopic (exact) mass is 1300 g/mol. The lowest BCUT2D eigenvalue weighted by molar-refractivity contribution is -0.302. The maximum absolute atomic E-state index is 13.2. The Balaban J connectivity index is 2.05. The van der Waals surface area contributed by atoms with Crippen LogP contribution in [0.15, 0.2) is 36.5 Å². The Morgan fingerprint density at radius 3 is 0.913 bits per heavy atom. The van der Waals surface area contributed by atoms with Crippen LogP contribution in [-0.2, 0) is 14.3 Å². The second-order valence-corrected chi connectivity index (χ2v) is 28.9. The lowest BCUT2D eigenvalue weighted by atomic mass is 9.99. The molecular weight excluding hydrogens is 1140 g/mol. The summed E-state index contributed by atoms with van der Waals surface area (Å²) in [5.41, 5.74) is 0. The van der Waals surface area contributed by atoms with Gasteiger partial charge in [-0.2, -0.15) is 0 Å². The van der Waals surface area contributed by atoms with Crippen LogP contribution < -0.4 is 5.32 Å². The molecule has 1 aliphatic rings. The van der Waals surface area contributed by atoms with E-state index in [2.05, 4.69) is 43.5 Å². The third-order valence-corrected chi connectivity index (χ3v) is 19.9. The standard InChI is InChI=1S/C83H159NO8/c1-3-5-7-9-11-13-15-17-19-21-23-25-27-29-31-33-35-36-37-38-39-40-41-42-43-45-47-49-51-53-55-57-59-61-63-65-67-69-71-73-79(87)84-76(75-91-83-82(90)81(89)80(88)78(74-85)92-83)77(86)72-70-68-66-64-62-60-58-56-54-52-50-48-46-44-34-32-30-28-26-24-22-20-18-16-14-12-10-8-6-4-2/h21,23,62,64,70,72,76-78,80-83,85-86,88-90H,3-20,22,24-61,63,65-69,71,73-75H2,1-2H3,(H,84,87)/b23-21-,64-62+,72-70+. The highest BCUT2D eigenvalue weighted by Crippen LogP contribution is 2.24. The molecule has 1 saturated heterocycles. The molecule has 7 unspecified atom stereocenters. The minimum absolute atomic E-state index is 0.177. The number of ether oxygens (including phenoxy) is 2. The third kappa shape index (κ3) is 59.7. The molecule has 0 aromatic heterocycles. The van der Waals surface area contributed by atoms with Crippen molar-refractivity contribution in [3.63, 3.8) is 0 Å². The van der Waals surface area contributed by atoms with Gasteiger partial charge in [0.2, 0.25) is 5.91 Å². The van der Waals surface area contributed by atoms with Gasteiger partial charge in [0.1, 0.15) is 24.4 Å². The molecule has 1 heterocycles. The number of hydrogen-bond acceptors (Lipinski definition) is 8. The number of carbonyl (C=O) groups excluding carboxylic acids is 1. The van der Waals surface area contributed by atoms with Crippen molar-refractivity contribution in [1.82, 2.24) is 5.32 Å². The summed E-state index contributed by atoms with van der Waals surface area (Å²) in [6.07, 6.45) is 91.8. The SMILES string of the molecule is CCCCCCCCCC/C=C\CCCCCCCCCCCCCCCCCCCCCCCCCCCCCC(=O)NC(COC1OC(CO)C(O)C(O)C1O)C(O)/C=C/CC/C=C/CCCCCCCCCCCCCCCCCCCCCCCCCC. The number of aliphatic hydroxyl groups is 5. The highest BCUT2D eigenvalue weighted by molar-refractivity contribution is 5.76. The summed E-state index contributed by atoms with van der Waals surface area (Å²) in [6.45, 7) is 3.83.